The van der Waals surface area contributed by atoms with E-state index in [-0.39, 0.29) is 11.4 Å². The maximum Gasteiger partial charge on any atom is 0.240 e. The van der Waals surface area contributed by atoms with Gasteiger partial charge in [-0.15, -0.1) is 0 Å². The van der Waals surface area contributed by atoms with Crippen molar-refractivity contribution < 1.29 is 12.8 Å². The molecule has 0 aliphatic carbocycles. The van der Waals surface area contributed by atoms with Gasteiger partial charge in [-0.05, 0) is 19.1 Å². The van der Waals surface area contributed by atoms with Crippen LogP contribution in [0.3, 0.4) is 0 Å². The third-order valence-corrected chi connectivity index (χ3v) is 3.74. The smallest absolute Gasteiger partial charge is 0.240 e. The summed E-state index contributed by atoms with van der Waals surface area (Å²) in [5.74, 6) is 0.518. The lowest BCUT2D eigenvalue weighted by atomic mass is 10.4. The molecule has 0 aliphatic rings. The number of nitrogens with one attached hydrogen (secondary N) is 1. The van der Waals surface area contributed by atoms with Crippen LogP contribution < -0.4 is 4.72 Å². The number of nitrogens with zero attached hydrogens (tertiary/aromatic N) is 1. The summed E-state index contributed by atoms with van der Waals surface area (Å²) in [6, 6.07) is 8.19. The van der Waals surface area contributed by atoms with Crippen molar-refractivity contribution in [3.05, 3.63) is 48.2 Å². The van der Waals surface area contributed by atoms with E-state index in [1.807, 2.05) is 0 Å². The minimum atomic E-state index is -3.49. The summed E-state index contributed by atoms with van der Waals surface area (Å²) >= 11 is 0. The average Bonchev–Trinajstić information content (AvgIpc) is 2.74. The van der Waals surface area contributed by atoms with Crippen LogP contribution in [-0.4, -0.2) is 13.4 Å². The Bertz CT molecular complexity index is 590. The second-order valence-electron chi connectivity index (χ2n) is 3.50. The van der Waals surface area contributed by atoms with Crippen LogP contribution in [0.4, 0.5) is 0 Å². The molecule has 2 rings (SSSR count). The minimum absolute atomic E-state index is 0.100. The standard InChI is InChI=1S/C11H12N2O3S/c1-9-11(16-8-12-9)7-13-17(14,15)10-5-3-2-4-6-10/h2-6,8,13H,7H2,1H3. The van der Waals surface area contributed by atoms with Crippen molar-refractivity contribution in [2.45, 2.75) is 18.4 Å². The highest BCUT2D eigenvalue weighted by atomic mass is 32.2. The number of benzene rings is 1. The van der Waals surface area contributed by atoms with Gasteiger partial charge in [-0.2, -0.15) is 0 Å². The molecule has 6 heteroatoms. The maximum absolute atomic E-state index is 11.9. The van der Waals surface area contributed by atoms with Crippen molar-refractivity contribution in [1.29, 1.82) is 0 Å². The van der Waals surface area contributed by atoms with E-state index in [1.54, 1.807) is 25.1 Å². The number of oxazole rings is 1. The molecule has 0 saturated heterocycles. The Morgan fingerprint density at radius 2 is 2.00 bits per heavy atom. The zero-order chi connectivity index (χ0) is 12.3. The van der Waals surface area contributed by atoms with Crippen molar-refractivity contribution in [2.24, 2.45) is 0 Å². The van der Waals surface area contributed by atoms with E-state index < -0.39 is 10.0 Å². The highest BCUT2D eigenvalue weighted by Crippen LogP contribution is 2.10. The fraction of sp³-hybridized carbons (Fsp3) is 0.182. The number of aromatic nitrogens is 1. The Balaban J connectivity index is 2.12. The van der Waals surface area contributed by atoms with Gasteiger partial charge >= 0.3 is 0 Å². The number of rotatable bonds is 4. The topological polar surface area (TPSA) is 72.2 Å². The van der Waals surface area contributed by atoms with Crippen molar-refractivity contribution in [1.82, 2.24) is 9.71 Å². The average molecular weight is 252 g/mol. The van der Waals surface area contributed by atoms with Gasteiger partial charge in [0.2, 0.25) is 10.0 Å². The summed E-state index contributed by atoms with van der Waals surface area (Å²) < 4.78 is 31.2. The lowest BCUT2D eigenvalue weighted by Crippen LogP contribution is -2.23. The molecule has 0 fully saturated rings. The Labute approximate surface area is 99.5 Å². The summed E-state index contributed by atoms with van der Waals surface area (Å²) in [6.45, 7) is 1.86. The molecule has 0 aliphatic heterocycles. The van der Waals surface area contributed by atoms with Crippen LogP contribution in [0.15, 0.2) is 46.0 Å². The normalized spacial score (nSPS) is 11.6. The van der Waals surface area contributed by atoms with Crippen LogP contribution in [-0.2, 0) is 16.6 Å². The Kier molecular flexibility index (Phi) is 3.26. The molecule has 0 amide bonds. The van der Waals surface area contributed by atoms with Gasteiger partial charge in [-0.3, -0.25) is 0 Å². The number of hydrogen-bond donors (Lipinski definition) is 1. The Morgan fingerprint density at radius 3 is 2.59 bits per heavy atom. The fourth-order valence-corrected chi connectivity index (χ4v) is 2.34. The fourth-order valence-electron chi connectivity index (χ4n) is 1.34. The summed E-state index contributed by atoms with van der Waals surface area (Å²) in [5.41, 5.74) is 0.681. The Morgan fingerprint density at radius 1 is 1.29 bits per heavy atom. The maximum atomic E-state index is 11.9. The molecular formula is C11H12N2O3S. The number of hydrogen-bond acceptors (Lipinski definition) is 4. The molecule has 1 aromatic carbocycles. The summed E-state index contributed by atoms with van der Waals surface area (Å²) in [6.07, 6.45) is 1.29. The SMILES string of the molecule is Cc1ncoc1CNS(=O)(=O)c1ccccc1. The quantitative estimate of drug-likeness (QED) is 0.894. The lowest BCUT2D eigenvalue weighted by molar-refractivity contribution is 0.492. The van der Waals surface area contributed by atoms with Gasteiger partial charge in [0.25, 0.3) is 0 Å². The van der Waals surface area contributed by atoms with Crippen molar-refractivity contribution in [3.63, 3.8) is 0 Å². The molecule has 0 radical (unpaired) electrons. The van der Waals surface area contributed by atoms with Crippen molar-refractivity contribution in [2.75, 3.05) is 0 Å². The predicted molar refractivity (Wildman–Crippen MR) is 61.7 cm³/mol. The first-order valence-corrected chi connectivity index (χ1v) is 6.51. The van der Waals surface area contributed by atoms with E-state index in [1.165, 1.54) is 18.5 Å². The molecule has 1 aromatic heterocycles. The van der Waals surface area contributed by atoms with Crippen LogP contribution in [0.25, 0.3) is 0 Å². The molecule has 2 aromatic rings. The van der Waals surface area contributed by atoms with Gasteiger partial charge in [-0.25, -0.2) is 18.1 Å². The molecule has 0 unspecified atom stereocenters. The van der Waals surface area contributed by atoms with Gasteiger partial charge < -0.3 is 4.42 Å². The Hall–Kier alpha value is -1.66. The van der Waals surface area contributed by atoms with E-state index in [0.29, 0.717) is 11.5 Å². The van der Waals surface area contributed by atoms with Gasteiger partial charge in [0.15, 0.2) is 6.39 Å². The van der Waals surface area contributed by atoms with Crippen LogP contribution in [0.1, 0.15) is 11.5 Å². The predicted octanol–water partition coefficient (Wildman–Crippen LogP) is 1.46. The molecule has 1 N–H and O–H groups in total. The van der Waals surface area contributed by atoms with Crippen LogP contribution in [0, 0.1) is 6.92 Å². The van der Waals surface area contributed by atoms with Gasteiger partial charge in [-0.1, -0.05) is 18.2 Å². The summed E-state index contributed by atoms with van der Waals surface area (Å²) in [7, 11) is -3.49. The van der Waals surface area contributed by atoms with Crippen molar-refractivity contribution in [3.8, 4) is 0 Å². The zero-order valence-electron chi connectivity index (χ0n) is 9.25. The molecule has 0 atom stereocenters. The van der Waals surface area contributed by atoms with Gasteiger partial charge in [0.1, 0.15) is 5.76 Å². The third kappa shape index (κ3) is 2.72. The van der Waals surface area contributed by atoms with Crippen LogP contribution in [0.2, 0.25) is 0 Å². The first kappa shape index (κ1) is 11.8. The van der Waals surface area contributed by atoms with Crippen molar-refractivity contribution >= 4 is 10.0 Å². The van der Waals surface area contributed by atoms with E-state index >= 15 is 0 Å². The second-order valence-corrected chi connectivity index (χ2v) is 5.27. The lowest BCUT2D eigenvalue weighted by Gasteiger charge is -2.04. The summed E-state index contributed by atoms with van der Waals surface area (Å²) in [4.78, 5) is 4.12. The highest BCUT2D eigenvalue weighted by Gasteiger charge is 2.14. The number of sulfonamides is 1. The molecule has 17 heavy (non-hydrogen) atoms. The monoisotopic (exact) mass is 252 g/mol. The molecular weight excluding hydrogens is 240 g/mol. The molecule has 0 saturated carbocycles. The number of aryl methyl sites for hydroxylation is 1. The van der Waals surface area contributed by atoms with E-state index in [9.17, 15) is 8.42 Å². The first-order chi connectivity index (χ1) is 8.09. The van der Waals surface area contributed by atoms with E-state index in [0.717, 1.165) is 0 Å². The summed E-state index contributed by atoms with van der Waals surface area (Å²) in [5, 5.41) is 0. The molecule has 1 heterocycles. The van der Waals surface area contributed by atoms with Crippen LogP contribution in [0.5, 0.6) is 0 Å². The highest BCUT2D eigenvalue weighted by molar-refractivity contribution is 7.89. The van der Waals surface area contributed by atoms with E-state index in [2.05, 4.69) is 9.71 Å². The molecule has 0 spiro atoms. The molecule has 5 nitrogen and oxygen atoms in total. The molecule has 90 valence electrons. The van der Waals surface area contributed by atoms with E-state index in [4.69, 9.17) is 4.42 Å². The largest absolute Gasteiger partial charge is 0.447 e. The van der Waals surface area contributed by atoms with Gasteiger partial charge in [0.05, 0.1) is 17.1 Å². The van der Waals surface area contributed by atoms with Gasteiger partial charge in [0, 0.05) is 0 Å². The third-order valence-electron chi connectivity index (χ3n) is 2.32. The minimum Gasteiger partial charge on any atom is -0.447 e. The first-order valence-electron chi connectivity index (χ1n) is 5.03. The second kappa shape index (κ2) is 4.68. The zero-order valence-corrected chi connectivity index (χ0v) is 10.1. The molecule has 0 bridgehead atoms. The van der Waals surface area contributed by atoms with Crippen LogP contribution >= 0.6 is 0 Å².